The Hall–Kier alpha value is -3.19. The first-order valence-corrected chi connectivity index (χ1v) is 11.1. The molecule has 0 saturated carbocycles. The molecule has 0 aliphatic rings. The standard InChI is InChI=1S/C26H27ClN2O4/c1-2-33-24(23(30)16-28-26(32)21-10-6-7-11-22(21)27)17-29-25(31)20-14-12-19(13-15-20)18-8-4-3-5-9-18/h3-15,23-24,30H,2,16-17H2,1H3,(H,28,32)(H,29,31)/t23-,24+/m0/s1. The van der Waals surface area contributed by atoms with Crippen molar-refractivity contribution in [2.75, 3.05) is 19.7 Å². The molecular formula is C26H27ClN2O4. The molecule has 7 heteroatoms. The highest BCUT2D eigenvalue weighted by Crippen LogP contribution is 2.19. The van der Waals surface area contributed by atoms with Crippen LogP contribution in [0.2, 0.25) is 5.02 Å². The highest BCUT2D eigenvalue weighted by Gasteiger charge is 2.22. The second-order valence-electron chi connectivity index (χ2n) is 7.40. The first-order valence-electron chi connectivity index (χ1n) is 10.8. The van der Waals surface area contributed by atoms with E-state index in [4.69, 9.17) is 16.3 Å². The third-order valence-electron chi connectivity index (χ3n) is 5.12. The van der Waals surface area contributed by atoms with Crippen LogP contribution in [-0.2, 0) is 4.74 Å². The molecule has 0 saturated heterocycles. The zero-order valence-corrected chi connectivity index (χ0v) is 19.1. The third-order valence-corrected chi connectivity index (χ3v) is 5.45. The average molecular weight is 467 g/mol. The lowest BCUT2D eigenvalue weighted by Gasteiger charge is -2.23. The lowest BCUT2D eigenvalue weighted by molar-refractivity contribution is -0.0287. The number of halogens is 1. The minimum Gasteiger partial charge on any atom is -0.388 e. The molecule has 0 aliphatic heterocycles. The molecule has 6 nitrogen and oxygen atoms in total. The van der Waals surface area contributed by atoms with Gasteiger partial charge in [0.15, 0.2) is 0 Å². The van der Waals surface area contributed by atoms with Crippen molar-refractivity contribution in [2.24, 2.45) is 0 Å². The maximum Gasteiger partial charge on any atom is 0.252 e. The number of hydrogen-bond donors (Lipinski definition) is 3. The Labute approximate surface area is 198 Å². The average Bonchev–Trinajstić information content (AvgIpc) is 2.85. The monoisotopic (exact) mass is 466 g/mol. The summed E-state index contributed by atoms with van der Waals surface area (Å²) in [5.41, 5.74) is 2.92. The molecule has 0 heterocycles. The number of carbonyl (C=O) groups is 2. The van der Waals surface area contributed by atoms with E-state index < -0.39 is 18.1 Å². The zero-order chi connectivity index (χ0) is 23.6. The maximum atomic E-state index is 12.6. The second-order valence-corrected chi connectivity index (χ2v) is 7.81. The number of nitrogens with one attached hydrogen (secondary N) is 2. The van der Waals surface area contributed by atoms with Crippen LogP contribution in [0.4, 0.5) is 0 Å². The van der Waals surface area contributed by atoms with Gasteiger partial charge in [0.1, 0.15) is 6.10 Å². The van der Waals surface area contributed by atoms with Crippen molar-refractivity contribution in [3.8, 4) is 11.1 Å². The smallest absolute Gasteiger partial charge is 0.252 e. The summed E-state index contributed by atoms with van der Waals surface area (Å²) in [4.78, 5) is 24.9. The van der Waals surface area contributed by atoms with Gasteiger partial charge in [0, 0.05) is 25.3 Å². The molecule has 2 amide bonds. The minimum absolute atomic E-state index is 0.0453. The van der Waals surface area contributed by atoms with Gasteiger partial charge in [0.25, 0.3) is 11.8 Å². The lowest BCUT2D eigenvalue weighted by atomic mass is 10.0. The molecule has 2 atom stereocenters. The predicted octanol–water partition coefficient (Wildman–Crippen LogP) is 3.93. The number of amides is 2. The fraction of sp³-hybridized carbons (Fsp3) is 0.231. The molecule has 33 heavy (non-hydrogen) atoms. The largest absolute Gasteiger partial charge is 0.388 e. The van der Waals surface area contributed by atoms with Crippen LogP contribution in [0, 0.1) is 0 Å². The van der Waals surface area contributed by atoms with Gasteiger partial charge < -0.3 is 20.5 Å². The van der Waals surface area contributed by atoms with Crippen LogP contribution < -0.4 is 10.6 Å². The minimum atomic E-state index is -1.02. The summed E-state index contributed by atoms with van der Waals surface area (Å²) >= 11 is 6.04. The van der Waals surface area contributed by atoms with Gasteiger partial charge in [-0.25, -0.2) is 0 Å². The number of benzene rings is 3. The topological polar surface area (TPSA) is 87.7 Å². The van der Waals surface area contributed by atoms with E-state index in [-0.39, 0.29) is 19.0 Å². The van der Waals surface area contributed by atoms with Gasteiger partial charge >= 0.3 is 0 Å². The number of aliphatic hydroxyl groups excluding tert-OH is 1. The number of aliphatic hydroxyl groups is 1. The SMILES string of the molecule is CCO[C@H](CNC(=O)c1ccc(-c2ccccc2)cc1)[C@@H](O)CNC(=O)c1ccccc1Cl. The van der Waals surface area contributed by atoms with Crippen molar-refractivity contribution in [3.05, 3.63) is 95.0 Å². The van der Waals surface area contributed by atoms with Crippen molar-refractivity contribution < 1.29 is 19.4 Å². The Balaban J connectivity index is 1.54. The normalized spacial score (nSPS) is 12.6. The summed E-state index contributed by atoms with van der Waals surface area (Å²) in [6.07, 6.45) is -1.70. The molecule has 3 rings (SSSR count). The van der Waals surface area contributed by atoms with Crippen LogP contribution in [0.5, 0.6) is 0 Å². The Bertz CT molecular complexity index is 1060. The third kappa shape index (κ3) is 6.89. The van der Waals surface area contributed by atoms with Gasteiger partial charge in [-0.1, -0.05) is 66.2 Å². The molecule has 0 spiro atoms. The fourth-order valence-electron chi connectivity index (χ4n) is 3.33. The quantitative estimate of drug-likeness (QED) is 0.422. The maximum absolute atomic E-state index is 12.6. The molecule has 0 unspecified atom stereocenters. The van der Waals surface area contributed by atoms with Crippen LogP contribution in [-0.4, -0.2) is 48.8 Å². The van der Waals surface area contributed by atoms with E-state index in [1.54, 1.807) is 43.3 Å². The van der Waals surface area contributed by atoms with Crippen molar-refractivity contribution in [1.29, 1.82) is 0 Å². The van der Waals surface area contributed by atoms with Crippen molar-refractivity contribution in [2.45, 2.75) is 19.1 Å². The van der Waals surface area contributed by atoms with Gasteiger partial charge in [-0.3, -0.25) is 9.59 Å². The molecule has 3 N–H and O–H groups in total. The van der Waals surface area contributed by atoms with E-state index in [2.05, 4.69) is 10.6 Å². The Morgan fingerprint density at radius 3 is 2.12 bits per heavy atom. The second kappa shape index (κ2) is 12.2. The van der Waals surface area contributed by atoms with Gasteiger partial charge in [-0.2, -0.15) is 0 Å². The molecule has 0 aromatic heterocycles. The Kier molecular flexibility index (Phi) is 9.01. The molecule has 3 aromatic rings. The fourth-order valence-corrected chi connectivity index (χ4v) is 3.55. The molecule has 0 radical (unpaired) electrons. The molecule has 0 aliphatic carbocycles. The molecule has 0 fully saturated rings. The number of rotatable bonds is 10. The lowest BCUT2D eigenvalue weighted by Crippen LogP contribution is -2.46. The van der Waals surface area contributed by atoms with Crippen molar-refractivity contribution in [3.63, 3.8) is 0 Å². The summed E-state index contributed by atoms with van der Waals surface area (Å²) < 4.78 is 5.59. The van der Waals surface area contributed by atoms with Crippen LogP contribution in [0.1, 0.15) is 27.6 Å². The molecule has 0 bridgehead atoms. The van der Waals surface area contributed by atoms with Crippen LogP contribution >= 0.6 is 11.6 Å². The molecular weight excluding hydrogens is 440 g/mol. The van der Waals surface area contributed by atoms with E-state index in [0.717, 1.165) is 11.1 Å². The Morgan fingerprint density at radius 1 is 0.848 bits per heavy atom. The number of hydrogen-bond acceptors (Lipinski definition) is 4. The van der Waals surface area contributed by atoms with Gasteiger partial charge in [-0.15, -0.1) is 0 Å². The highest BCUT2D eigenvalue weighted by molar-refractivity contribution is 6.33. The van der Waals surface area contributed by atoms with E-state index in [1.165, 1.54) is 0 Å². The first kappa shape index (κ1) is 24.5. The van der Waals surface area contributed by atoms with Crippen LogP contribution in [0.15, 0.2) is 78.9 Å². The summed E-state index contributed by atoms with van der Waals surface area (Å²) in [5.74, 6) is -0.663. The summed E-state index contributed by atoms with van der Waals surface area (Å²) in [6, 6.07) is 23.9. The summed E-state index contributed by atoms with van der Waals surface area (Å²) in [6.45, 7) is 2.20. The van der Waals surface area contributed by atoms with E-state index in [9.17, 15) is 14.7 Å². The van der Waals surface area contributed by atoms with Gasteiger partial charge in [0.2, 0.25) is 0 Å². The van der Waals surface area contributed by atoms with Crippen LogP contribution in [0.25, 0.3) is 11.1 Å². The first-order chi connectivity index (χ1) is 16.0. The highest BCUT2D eigenvalue weighted by atomic mass is 35.5. The van der Waals surface area contributed by atoms with Crippen molar-refractivity contribution in [1.82, 2.24) is 10.6 Å². The van der Waals surface area contributed by atoms with E-state index >= 15 is 0 Å². The van der Waals surface area contributed by atoms with Crippen LogP contribution in [0.3, 0.4) is 0 Å². The molecule has 172 valence electrons. The summed E-state index contributed by atoms with van der Waals surface area (Å²) in [7, 11) is 0. The van der Waals surface area contributed by atoms with Gasteiger partial charge in [0.05, 0.1) is 16.7 Å². The van der Waals surface area contributed by atoms with Crippen molar-refractivity contribution >= 4 is 23.4 Å². The van der Waals surface area contributed by atoms with E-state index in [1.807, 2.05) is 42.5 Å². The molecule has 3 aromatic carbocycles. The Morgan fingerprint density at radius 2 is 1.45 bits per heavy atom. The number of ether oxygens (including phenoxy) is 1. The van der Waals surface area contributed by atoms with E-state index in [0.29, 0.717) is 22.8 Å². The van der Waals surface area contributed by atoms with Gasteiger partial charge in [-0.05, 0) is 42.3 Å². The number of carbonyl (C=O) groups excluding carboxylic acids is 2. The summed E-state index contributed by atoms with van der Waals surface area (Å²) in [5, 5.41) is 16.3. The predicted molar refractivity (Wildman–Crippen MR) is 129 cm³/mol. The zero-order valence-electron chi connectivity index (χ0n) is 18.3.